The summed E-state index contributed by atoms with van der Waals surface area (Å²) in [6.07, 6.45) is 1.77. The smallest absolute Gasteiger partial charge is 0.253 e. The number of hydrogen-bond donors (Lipinski definition) is 2. The van der Waals surface area contributed by atoms with Gasteiger partial charge in [-0.25, -0.2) is 0 Å². The second-order valence-corrected chi connectivity index (χ2v) is 10.2. The van der Waals surface area contributed by atoms with Crippen molar-refractivity contribution in [3.63, 3.8) is 0 Å². The number of hydrogen-bond acceptors (Lipinski definition) is 3. The van der Waals surface area contributed by atoms with Crippen molar-refractivity contribution in [2.45, 2.75) is 45.2 Å². The lowest BCUT2D eigenvalue weighted by Gasteiger charge is -2.32. The molecule has 5 nitrogen and oxygen atoms in total. The Labute approximate surface area is 230 Å². The molecule has 1 atom stereocenters. The van der Waals surface area contributed by atoms with Crippen molar-refractivity contribution in [1.29, 1.82) is 0 Å². The fraction of sp³-hybridized carbons (Fsp3) is 0.235. The Morgan fingerprint density at radius 2 is 1.44 bits per heavy atom. The summed E-state index contributed by atoms with van der Waals surface area (Å²) in [6, 6.07) is 33.8. The number of fused-ring (bicyclic) bond motifs is 1. The molecule has 39 heavy (non-hydrogen) atoms. The third-order valence-corrected chi connectivity index (χ3v) is 7.50. The normalized spacial score (nSPS) is 13.5. The summed E-state index contributed by atoms with van der Waals surface area (Å²) in [5, 5.41) is 6.23. The summed E-state index contributed by atoms with van der Waals surface area (Å²) in [7, 11) is 0. The van der Waals surface area contributed by atoms with Gasteiger partial charge in [-0.1, -0.05) is 91.9 Å². The van der Waals surface area contributed by atoms with Gasteiger partial charge in [0.15, 0.2) is 0 Å². The lowest BCUT2D eigenvalue weighted by Crippen LogP contribution is -2.36. The van der Waals surface area contributed by atoms with Crippen LogP contribution in [0.2, 0.25) is 0 Å². The van der Waals surface area contributed by atoms with Gasteiger partial charge < -0.3 is 15.5 Å². The first-order chi connectivity index (χ1) is 19.0. The average molecular weight is 518 g/mol. The van der Waals surface area contributed by atoms with Gasteiger partial charge in [-0.05, 0) is 60.2 Å². The minimum atomic E-state index is -0.469. The van der Waals surface area contributed by atoms with E-state index in [0.29, 0.717) is 11.3 Å². The lowest BCUT2D eigenvalue weighted by atomic mass is 9.90. The van der Waals surface area contributed by atoms with Gasteiger partial charge in [-0.15, -0.1) is 0 Å². The van der Waals surface area contributed by atoms with E-state index < -0.39 is 5.92 Å². The molecule has 4 aromatic rings. The predicted octanol–water partition coefficient (Wildman–Crippen LogP) is 6.55. The molecule has 0 unspecified atom stereocenters. The highest BCUT2D eigenvalue weighted by atomic mass is 16.2. The molecule has 1 heterocycles. The van der Waals surface area contributed by atoms with Crippen LogP contribution in [-0.2, 0) is 17.8 Å². The second kappa shape index (κ2) is 12.0. The number of amides is 2. The van der Waals surface area contributed by atoms with Crippen LogP contribution in [0.4, 0.5) is 11.4 Å². The Morgan fingerprint density at radius 1 is 0.821 bits per heavy atom. The monoisotopic (exact) mass is 517 g/mol. The van der Waals surface area contributed by atoms with Crippen molar-refractivity contribution in [3.8, 4) is 0 Å². The first-order valence-electron chi connectivity index (χ1n) is 13.7. The topological polar surface area (TPSA) is 61.4 Å². The number of benzene rings is 4. The molecule has 2 amide bonds. The van der Waals surface area contributed by atoms with Crippen LogP contribution in [0.1, 0.15) is 58.8 Å². The maximum Gasteiger partial charge on any atom is 0.253 e. The van der Waals surface area contributed by atoms with Gasteiger partial charge in [0, 0.05) is 30.5 Å². The molecular weight excluding hydrogens is 482 g/mol. The van der Waals surface area contributed by atoms with Crippen molar-refractivity contribution in [2.24, 2.45) is 0 Å². The van der Waals surface area contributed by atoms with Crippen LogP contribution in [0.25, 0.3) is 0 Å². The highest BCUT2D eigenvalue weighted by Gasteiger charge is 2.25. The van der Waals surface area contributed by atoms with Crippen LogP contribution in [0.5, 0.6) is 0 Å². The van der Waals surface area contributed by atoms with E-state index in [1.165, 1.54) is 11.1 Å². The number of carbonyl (C=O) groups is 2. The van der Waals surface area contributed by atoms with E-state index in [2.05, 4.69) is 46.7 Å². The SMILES string of the molecule is CC[C@H](C)NC(=O)c1cc(NC(=O)C(c2ccccc2)c2ccccc2)ccc1N1CCc2ccccc2C1. The first kappa shape index (κ1) is 26.2. The summed E-state index contributed by atoms with van der Waals surface area (Å²) in [4.78, 5) is 29.5. The molecule has 0 fully saturated rings. The molecule has 5 rings (SSSR count). The Balaban J connectivity index is 1.46. The molecule has 198 valence electrons. The molecule has 4 aromatic carbocycles. The molecule has 0 aliphatic carbocycles. The van der Waals surface area contributed by atoms with Crippen molar-refractivity contribution < 1.29 is 9.59 Å². The molecule has 1 aliphatic rings. The molecule has 0 spiro atoms. The van der Waals surface area contributed by atoms with E-state index in [-0.39, 0.29) is 17.9 Å². The molecule has 0 saturated carbocycles. The van der Waals surface area contributed by atoms with Crippen molar-refractivity contribution >= 4 is 23.2 Å². The minimum Gasteiger partial charge on any atom is -0.366 e. The van der Waals surface area contributed by atoms with Crippen molar-refractivity contribution in [1.82, 2.24) is 5.32 Å². The van der Waals surface area contributed by atoms with Gasteiger partial charge in [-0.2, -0.15) is 0 Å². The van der Waals surface area contributed by atoms with Gasteiger partial charge in [0.05, 0.1) is 11.5 Å². The zero-order valence-electron chi connectivity index (χ0n) is 22.6. The number of carbonyl (C=O) groups excluding carboxylic acids is 2. The zero-order chi connectivity index (χ0) is 27.2. The second-order valence-electron chi connectivity index (χ2n) is 10.2. The van der Waals surface area contributed by atoms with Crippen LogP contribution >= 0.6 is 0 Å². The minimum absolute atomic E-state index is 0.0474. The zero-order valence-corrected chi connectivity index (χ0v) is 22.6. The number of anilines is 2. The van der Waals surface area contributed by atoms with Crippen molar-refractivity contribution in [2.75, 3.05) is 16.8 Å². The summed E-state index contributed by atoms with van der Waals surface area (Å²) in [5.41, 5.74) is 6.53. The van der Waals surface area contributed by atoms with Gasteiger partial charge in [0.25, 0.3) is 5.91 Å². The highest BCUT2D eigenvalue weighted by Crippen LogP contribution is 2.31. The van der Waals surface area contributed by atoms with Crippen LogP contribution in [-0.4, -0.2) is 24.4 Å². The summed E-state index contributed by atoms with van der Waals surface area (Å²) >= 11 is 0. The number of rotatable bonds is 8. The van der Waals surface area contributed by atoms with Gasteiger partial charge in [0.2, 0.25) is 5.91 Å². The van der Waals surface area contributed by atoms with Crippen LogP contribution in [0.3, 0.4) is 0 Å². The summed E-state index contributed by atoms with van der Waals surface area (Å²) < 4.78 is 0. The van der Waals surface area contributed by atoms with Crippen molar-refractivity contribution in [3.05, 3.63) is 131 Å². The molecule has 2 N–H and O–H groups in total. The van der Waals surface area contributed by atoms with Gasteiger partial charge in [-0.3, -0.25) is 9.59 Å². The fourth-order valence-electron chi connectivity index (χ4n) is 5.18. The molecule has 0 bridgehead atoms. The molecule has 5 heteroatoms. The van der Waals surface area contributed by atoms with Gasteiger partial charge in [0.1, 0.15) is 0 Å². The molecular formula is C34H35N3O2. The van der Waals surface area contributed by atoms with E-state index >= 15 is 0 Å². The predicted molar refractivity (Wildman–Crippen MR) is 158 cm³/mol. The van der Waals surface area contributed by atoms with Crippen LogP contribution in [0.15, 0.2) is 103 Å². The summed E-state index contributed by atoms with van der Waals surface area (Å²) in [5.74, 6) is -0.736. The number of nitrogens with one attached hydrogen (secondary N) is 2. The Bertz CT molecular complexity index is 1400. The van der Waals surface area contributed by atoms with E-state index in [4.69, 9.17) is 0 Å². The first-order valence-corrected chi connectivity index (χ1v) is 13.7. The van der Waals surface area contributed by atoms with E-state index in [9.17, 15) is 9.59 Å². The maximum absolute atomic E-state index is 13.7. The largest absolute Gasteiger partial charge is 0.366 e. The molecule has 0 saturated heterocycles. The van der Waals surface area contributed by atoms with Gasteiger partial charge >= 0.3 is 0 Å². The Kier molecular flexibility index (Phi) is 8.07. The highest BCUT2D eigenvalue weighted by molar-refractivity contribution is 6.03. The van der Waals surface area contributed by atoms with Crippen LogP contribution < -0.4 is 15.5 Å². The third-order valence-electron chi connectivity index (χ3n) is 7.50. The standard InChI is InChI=1S/C34H35N3O2/c1-3-24(2)35-33(38)30-22-29(18-19-31(30)37-21-20-25-12-10-11-17-28(25)23-37)36-34(39)32(26-13-6-4-7-14-26)27-15-8-5-9-16-27/h4-19,22,24,32H,3,20-21,23H2,1-2H3,(H,35,38)(H,36,39)/t24-/m0/s1. The molecule has 0 radical (unpaired) electrons. The molecule has 0 aromatic heterocycles. The van der Waals surface area contributed by atoms with E-state index in [1.807, 2.05) is 85.8 Å². The lowest BCUT2D eigenvalue weighted by molar-refractivity contribution is -0.116. The Hall–Kier alpha value is -4.38. The third kappa shape index (κ3) is 6.04. The fourth-order valence-corrected chi connectivity index (χ4v) is 5.18. The van der Waals surface area contributed by atoms with E-state index in [1.54, 1.807) is 0 Å². The number of nitrogens with zero attached hydrogens (tertiary/aromatic N) is 1. The maximum atomic E-state index is 13.7. The average Bonchev–Trinajstić information content (AvgIpc) is 2.98. The van der Waals surface area contributed by atoms with E-state index in [0.717, 1.165) is 42.7 Å². The van der Waals surface area contributed by atoms with Crippen LogP contribution in [0, 0.1) is 0 Å². The Morgan fingerprint density at radius 3 is 2.08 bits per heavy atom. The quantitative estimate of drug-likeness (QED) is 0.279. The summed E-state index contributed by atoms with van der Waals surface area (Å²) in [6.45, 7) is 5.63. The molecule has 1 aliphatic heterocycles.